The number of aromatic nitrogens is 2. The molecule has 0 radical (unpaired) electrons. The highest BCUT2D eigenvalue weighted by atomic mass is 32.2. The molecule has 1 N–H and O–H groups in total. The lowest BCUT2D eigenvalue weighted by molar-refractivity contribution is -0.121. The number of aryl methyl sites for hydroxylation is 2. The molecule has 8 heteroatoms. The zero-order valence-electron chi connectivity index (χ0n) is 18.5. The Bertz CT molecular complexity index is 1020. The van der Waals surface area contributed by atoms with Crippen molar-refractivity contribution in [1.82, 2.24) is 19.2 Å². The summed E-state index contributed by atoms with van der Waals surface area (Å²) in [6, 6.07) is 5.48. The maximum absolute atomic E-state index is 13.0. The van der Waals surface area contributed by atoms with E-state index < -0.39 is 10.0 Å². The number of fused-ring (bicyclic) bond motifs is 1. The van der Waals surface area contributed by atoms with Crippen molar-refractivity contribution in [3.63, 3.8) is 0 Å². The summed E-state index contributed by atoms with van der Waals surface area (Å²) in [5, 5.41) is 3.19. The first-order valence-corrected chi connectivity index (χ1v) is 13.1. The van der Waals surface area contributed by atoms with Crippen LogP contribution in [0.1, 0.15) is 70.0 Å². The minimum Gasteiger partial charge on any atom is -0.353 e. The highest BCUT2D eigenvalue weighted by Crippen LogP contribution is 2.25. The van der Waals surface area contributed by atoms with E-state index in [9.17, 15) is 13.2 Å². The fourth-order valence-corrected chi connectivity index (χ4v) is 6.35. The zero-order valence-corrected chi connectivity index (χ0v) is 19.3. The highest BCUT2D eigenvalue weighted by Gasteiger charge is 2.26. The lowest BCUT2D eigenvalue weighted by Crippen LogP contribution is -2.35. The summed E-state index contributed by atoms with van der Waals surface area (Å²) in [5.74, 6) is 0.880. The molecule has 31 heavy (non-hydrogen) atoms. The Hall–Kier alpha value is -1.93. The van der Waals surface area contributed by atoms with Crippen molar-refractivity contribution in [2.45, 2.75) is 81.6 Å². The van der Waals surface area contributed by atoms with Gasteiger partial charge in [-0.1, -0.05) is 32.1 Å². The predicted molar refractivity (Wildman–Crippen MR) is 121 cm³/mol. The summed E-state index contributed by atoms with van der Waals surface area (Å²) in [6.45, 7) is 1.17. The van der Waals surface area contributed by atoms with E-state index in [2.05, 4.69) is 10.3 Å². The topological polar surface area (TPSA) is 84.3 Å². The van der Waals surface area contributed by atoms with E-state index >= 15 is 0 Å². The standard InChI is InChI=1S/C23H34N4O3S/c1-26-21-12-11-19(31(29,30)27-15-7-4-8-16-27)17-20(21)25-22(26)13-14-23(28)24-18-9-5-2-3-6-10-18/h11-12,17-18H,2-10,13-16H2,1H3,(H,24,28). The number of hydrogen-bond acceptors (Lipinski definition) is 4. The van der Waals surface area contributed by atoms with Gasteiger partial charge >= 0.3 is 0 Å². The van der Waals surface area contributed by atoms with Gasteiger partial charge in [-0.25, -0.2) is 13.4 Å². The summed E-state index contributed by atoms with van der Waals surface area (Å²) >= 11 is 0. The number of rotatable bonds is 6. The lowest BCUT2D eigenvalue weighted by atomic mass is 10.1. The van der Waals surface area contributed by atoms with Crippen molar-refractivity contribution in [2.24, 2.45) is 7.05 Å². The molecule has 2 fully saturated rings. The third-order valence-corrected chi connectivity index (χ3v) is 8.59. The van der Waals surface area contributed by atoms with Gasteiger partial charge < -0.3 is 9.88 Å². The van der Waals surface area contributed by atoms with Gasteiger partial charge in [0.2, 0.25) is 15.9 Å². The Labute approximate surface area is 185 Å². The molecule has 1 saturated heterocycles. The van der Waals surface area contributed by atoms with E-state index in [1.807, 2.05) is 17.7 Å². The second kappa shape index (κ2) is 9.69. The summed E-state index contributed by atoms with van der Waals surface area (Å²) in [5.41, 5.74) is 1.55. The Morgan fingerprint density at radius 3 is 2.45 bits per heavy atom. The number of nitrogens with zero attached hydrogens (tertiary/aromatic N) is 3. The van der Waals surface area contributed by atoms with Crippen molar-refractivity contribution in [3.8, 4) is 0 Å². The van der Waals surface area contributed by atoms with Crippen LogP contribution in [-0.2, 0) is 28.3 Å². The van der Waals surface area contributed by atoms with E-state index in [1.54, 1.807) is 16.4 Å². The molecule has 0 spiro atoms. The van der Waals surface area contributed by atoms with Gasteiger partial charge in [0.15, 0.2) is 0 Å². The smallest absolute Gasteiger partial charge is 0.243 e. The number of hydrogen-bond donors (Lipinski definition) is 1. The first-order valence-electron chi connectivity index (χ1n) is 11.7. The molecule has 4 rings (SSSR count). The van der Waals surface area contributed by atoms with E-state index in [-0.39, 0.29) is 5.91 Å². The second-order valence-electron chi connectivity index (χ2n) is 8.96. The number of carbonyl (C=O) groups excluding carboxylic acids is 1. The molecule has 0 unspecified atom stereocenters. The lowest BCUT2D eigenvalue weighted by Gasteiger charge is -2.25. The van der Waals surface area contributed by atoms with Gasteiger partial charge in [-0.3, -0.25) is 4.79 Å². The number of imidazole rings is 1. The third kappa shape index (κ3) is 5.12. The number of piperidine rings is 1. The molecule has 2 aromatic rings. The number of amides is 1. The molecule has 1 aromatic heterocycles. The number of benzene rings is 1. The van der Waals surface area contributed by atoms with Crippen LogP contribution in [0.2, 0.25) is 0 Å². The van der Waals surface area contributed by atoms with Gasteiger partial charge in [-0.05, 0) is 43.9 Å². The normalized spacial score (nSPS) is 19.4. The monoisotopic (exact) mass is 446 g/mol. The molecule has 170 valence electrons. The summed E-state index contributed by atoms with van der Waals surface area (Å²) in [4.78, 5) is 17.4. The zero-order chi connectivity index (χ0) is 21.8. The third-order valence-electron chi connectivity index (χ3n) is 6.69. The van der Waals surface area contributed by atoms with Crippen LogP contribution >= 0.6 is 0 Å². The molecule has 1 aromatic carbocycles. The maximum Gasteiger partial charge on any atom is 0.243 e. The highest BCUT2D eigenvalue weighted by molar-refractivity contribution is 7.89. The van der Waals surface area contributed by atoms with Crippen LogP contribution in [-0.4, -0.2) is 47.3 Å². The fourth-order valence-electron chi connectivity index (χ4n) is 4.82. The van der Waals surface area contributed by atoms with Crippen LogP contribution in [0, 0.1) is 0 Å². The number of carbonyl (C=O) groups is 1. The van der Waals surface area contributed by atoms with Crippen molar-refractivity contribution < 1.29 is 13.2 Å². The van der Waals surface area contributed by atoms with E-state index in [0.29, 0.717) is 42.4 Å². The van der Waals surface area contributed by atoms with Crippen LogP contribution in [0.5, 0.6) is 0 Å². The first kappa shape index (κ1) is 22.3. The molecule has 7 nitrogen and oxygen atoms in total. The maximum atomic E-state index is 13.0. The van der Waals surface area contributed by atoms with Crippen LogP contribution in [0.3, 0.4) is 0 Å². The Morgan fingerprint density at radius 1 is 1.06 bits per heavy atom. The quantitative estimate of drug-likeness (QED) is 0.688. The molecule has 2 heterocycles. The molecular formula is C23H34N4O3S. The van der Waals surface area contributed by atoms with Crippen LogP contribution in [0.25, 0.3) is 11.0 Å². The molecule has 1 aliphatic heterocycles. The Balaban J connectivity index is 1.44. The van der Waals surface area contributed by atoms with Gasteiger partial charge in [-0.15, -0.1) is 0 Å². The molecule has 0 bridgehead atoms. The van der Waals surface area contributed by atoms with Crippen molar-refractivity contribution in [2.75, 3.05) is 13.1 Å². The van der Waals surface area contributed by atoms with Gasteiger partial charge in [0.1, 0.15) is 5.82 Å². The summed E-state index contributed by atoms with van der Waals surface area (Å²) < 4.78 is 29.5. The molecule has 1 saturated carbocycles. The van der Waals surface area contributed by atoms with Gasteiger partial charge in [0.05, 0.1) is 15.9 Å². The van der Waals surface area contributed by atoms with Crippen LogP contribution in [0.15, 0.2) is 23.1 Å². The van der Waals surface area contributed by atoms with Crippen LogP contribution in [0.4, 0.5) is 0 Å². The van der Waals surface area contributed by atoms with Crippen LogP contribution < -0.4 is 5.32 Å². The van der Waals surface area contributed by atoms with Gasteiger partial charge in [0.25, 0.3) is 0 Å². The van der Waals surface area contributed by atoms with Crippen molar-refractivity contribution in [1.29, 1.82) is 0 Å². The van der Waals surface area contributed by atoms with E-state index in [0.717, 1.165) is 43.4 Å². The molecule has 2 aliphatic rings. The Morgan fingerprint density at radius 2 is 1.74 bits per heavy atom. The number of sulfonamides is 1. The molecular weight excluding hydrogens is 412 g/mol. The largest absolute Gasteiger partial charge is 0.353 e. The fraction of sp³-hybridized carbons (Fsp3) is 0.652. The summed E-state index contributed by atoms with van der Waals surface area (Å²) in [6.07, 6.45) is 10.9. The van der Waals surface area contributed by atoms with E-state index in [1.165, 1.54) is 25.7 Å². The minimum absolute atomic E-state index is 0.0762. The van der Waals surface area contributed by atoms with Crippen molar-refractivity contribution >= 4 is 27.0 Å². The molecule has 1 aliphatic carbocycles. The van der Waals surface area contributed by atoms with E-state index in [4.69, 9.17) is 0 Å². The number of nitrogens with one attached hydrogen (secondary N) is 1. The minimum atomic E-state index is -3.48. The second-order valence-corrected chi connectivity index (χ2v) is 10.9. The predicted octanol–water partition coefficient (Wildman–Crippen LogP) is 3.52. The Kier molecular flexibility index (Phi) is 6.96. The van der Waals surface area contributed by atoms with Crippen molar-refractivity contribution in [3.05, 3.63) is 24.0 Å². The molecule has 1 amide bonds. The average Bonchev–Trinajstić information content (AvgIpc) is 2.92. The average molecular weight is 447 g/mol. The summed E-state index contributed by atoms with van der Waals surface area (Å²) in [7, 11) is -1.56. The first-order chi connectivity index (χ1) is 14.9. The molecule has 0 atom stereocenters. The van der Waals surface area contributed by atoms with Gasteiger partial charge in [-0.2, -0.15) is 4.31 Å². The van der Waals surface area contributed by atoms with Gasteiger partial charge in [0, 0.05) is 39.0 Å². The SMILES string of the molecule is Cn1c(CCC(=O)NC2CCCCCC2)nc2cc(S(=O)(=O)N3CCCCC3)ccc21.